The summed E-state index contributed by atoms with van der Waals surface area (Å²) in [5, 5.41) is 3.63. The average Bonchev–Trinajstić information content (AvgIpc) is 2.36. The Morgan fingerprint density at radius 1 is 1.26 bits per heavy atom. The zero-order valence-electron chi connectivity index (χ0n) is 10.0. The molecule has 1 unspecified atom stereocenters. The molecule has 100 valence electrons. The molecule has 0 spiro atoms. The fourth-order valence-electron chi connectivity index (χ4n) is 1.82. The highest BCUT2D eigenvalue weighted by Gasteiger charge is 2.12. The highest BCUT2D eigenvalue weighted by atomic mass is 79.9. The van der Waals surface area contributed by atoms with Gasteiger partial charge in [-0.05, 0) is 51.8 Å². The number of nitrogens with one attached hydrogen (secondary N) is 1. The lowest BCUT2D eigenvalue weighted by atomic mass is 10.1. The van der Waals surface area contributed by atoms with Crippen LogP contribution in [0.25, 0.3) is 0 Å². The largest absolute Gasteiger partial charge is 0.376 e. The molecule has 0 amide bonds. The van der Waals surface area contributed by atoms with Crippen molar-refractivity contribution in [3.8, 4) is 0 Å². The van der Waals surface area contributed by atoms with Crippen LogP contribution in [0.4, 0.5) is 10.1 Å². The highest BCUT2D eigenvalue weighted by Crippen LogP contribution is 2.27. The molecular formula is C14H13BrClFN2. The Bertz CT molecular complexity index is 557. The lowest BCUT2D eigenvalue weighted by Crippen LogP contribution is -2.21. The van der Waals surface area contributed by atoms with Crippen LogP contribution in [0.3, 0.4) is 0 Å². The van der Waals surface area contributed by atoms with Crippen LogP contribution in [0, 0.1) is 5.82 Å². The molecule has 5 heteroatoms. The van der Waals surface area contributed by atoms with Gasteiger partial charge in [-0.1, -0.05) is 23.7 Å². The fourth-order valence-corrected chi connectivity index (χ4v) is 2.45. The standard InChI is InChI=1S/C14H13BrClFN2/c15-12-3-1-2-4-13(12)19-14(8-18)9-5-10(16)7-11(17)6-9/h1-7,14,19H,8,18H2. The van der Waals surface area contributed by atoms with Gasteiger partial charge in [-0.3, -0.25) is 0 Å². The van der Waals surface area contributed by atoms with Crippen molar-refractivity contribution in [2.24, 2.45) is 5.73 Å². The summed E-state index contributed by atoms with van der Waals surface area (Å²) in [4.78, 5) is 0. The SMILES string of the molecule is NCC(Nc1ccccc1Br)c1cc(F)cc(Cl)c1. The first-order chi connectivity index (χ1) is 9.10. The first-order valence-corrected chi connectivity index (χ1v) is 6.94. The fraction of sp³-hybridized carbons (Fsp3) is 0.143. The summed E-state index contributed by atoms with van der Waals surface area (Å²) < 4.78 is 14.3. The molecule has 0 heterocycles. The van der Waals surface area contributed by atoms with E-state index in [1.54, 1.807) is 6.07 Å². The van der Waals surface area contributed by atoms with Crippen molar-refractivity contribution in [2.75, 3.05) is 11.9 Å². The van der Waals surface area contributed by atoms with E-state index in [-0.39, 0.29) is 11.9 Å². The molecule has 1 atom stereocenters. The van der Waals surface area contributed by atoms with Gasteiger partial charge >= 0.3 is 0 Å². The van der Waals surface area contributed by atoms with Gasteiger partial charge in [0.05, 0.1) is 6.04 Å². The van der Waals surface area contributed by atoms with Gasteiger partial charge < -0.3 is 11.1 Å². The topological polar surface area (TPSA) is 38.0 Å². The van der Waals surface area contributed by atoms with Crippen LogP contribution in [0.1, 0.15) is 11.6 Å². The Balaban J connectivity index is 2.28. The molecular weight excluding hydrogens is 331 g/mol. The van der Waals surface area contributed by atoms with E-state index in [1.165, 1.54) is 12.1 Å². The predicted molar refractivity (Wildman–Crippen MR) is 81.0 cm³/mol. The van der Waals surface area contributed by atoms with Crippen LogP contribution in [0.15, 0.2) is 46.9 Å². The van der Waals surface area contributed by atoms with Crippen molar-refractivity contribution in [2.45, 2.75) is 6.04 Å². The Morgan fingerprint density at radius 3 is 2.63 bits per heavy atom. The molecule has 2 rings (SSSR count). The third-order valence-electron chi connectivity index (χ3n) is 2.73. The first kappa shape index (κ1) is 14.3. The Hall–Kier alpha value is -1.10. The van der Waals surface area contributed by atoms with Gasteiger partial charge in [-0.25, -0.2) is 4.39 Å². The van der Waals surface area contributed by atoms with Crippen molar-refractivity contribution in [3.63, 3.8) is 0 Å². The summed E-state index contributed by atoms with van der Waals surface area (Å²) in [5.74, 6) is -0.366. The number of nitrogens with two attached hydrogens (primary N) is 1. The quantitative estimate of drug-likeness (QED) is 0.866. The summed E-state index contributed by atoms with van der Waals surface area (Å²) in [7, 11) is 0. The predicted octanol–water partition coefficient (Wildman–Crippen LogP) is 4.35. The lowest BCUT2D eigenvalue weighted by Gasteiger charge is -2.20. The van der Waals surface area contributed by atoms with E-state index in [1.807, 2.05) is 24.3 Å². The maximum atomic E-state index is 13.4. The van der Waals surface area contributed by atoms with Gasteiger partial charge in [-0.2, -0.15) is 0 Å². The van der Waals surface area contributed by atoms with Gasteiger partial charge in [0.1, 0.15) is 5.82 Å². The van der Waals surface area contributed by atoms with Crippen molar-refractivity contribution in [3.05, 3.63) is 63.3 Å². The van der Waals surface area contributed by atoms with E-state index >= 15 is 0 Å². The molecule has 0 saturated carbocycles. The van der Waals surface area contributed by atoms with Crippen molar-refractivity contribution in [1.82, 2.24) is 0 Å². The van der Waals surface area contributed by atoms with Gasteiger partial charge in [0.15, 0.2) is 0 Å². The Kier molecular flexibility index (Phi) is 4.80. The number of anilines is 1. The lowest BCUT2D eigenvalue weighted by molar-refractivity contribution is 0.622. The monoisotopic (exact) mass is 342 g/mol. The van der Waals surface area contributed by atoms with Gasteiger partial charge in [0.25, 0.3) is 0 Å². The summed E-state index contributed by atoms with van der Waals surface area (Å²) >= 11 is 9.32. The maximum absolute atomic E-state index is 13.4. The van der Waals surface area contributed by atoms with Crippen molar-refractivity contribution >= 4 is 33.2 Å². The molecule has 0 saturated heterocycles. The summed E-state index contributed by atoms with van der Waals surface area (Å²) in [6.45, 7) is 0.334. The Labute approximate surface area is 124 Å². The van der Waals surface area contributed by atoms with Crippen molar-refractivity contribution < 1.29 is 4.39 Å². The van der Waals surface area contributed by atoms with Gasteiger partial charge in [0, 0.05) is 21.7 Å². The number of benzene rings is 2. The highest BCUT2D eigenvalue weighted by molar-refractivity contribution is 9.10. The van der Waals surface area contributed by atoms with Gasteiger partial charge in [0.2, 0.25) is 0 Å². The van der Waals surface area contributed by atoms with Crippen LogP contribution in [0.5, 0.6) is 0 Å². The van der Waals surface area contributed by atoms with E-state index in [9.17, 15) is 4.39 Å². The molecule has 2 aromatic carbocycles. The molecule has 0 aliphatic rings. The van der Waals surface area contributed by atoms with Crippen LogP contribution in [-0.2, 0) is 0 Å². The number of halogens is 3. The van der Waals surface area contributed by atoms with Crippen molar-refractivity contribution in [1.29, 1.82) is 0 Å². The molecule has 0 bridgehead atoms. The number of para-hydroxylation sites is 1. The molecule has 2 aromatic rings. The van der Waals surface area contributed by atoms with Crippen LogP contribution in [0.2, 0.25) is 5.02 Å². The third-order valence-corrected chi connectivity index (χ3v) is 3.64. The molecule has 0 aliphatic heterocycles. The molecule has 0 aliphatic carbocycles. The van der Waals surface area contributed by atoms with E-state index in [0.717, 1.165) is 15.7 Å². The molecule has 2 nitrogen and oxygen atoms in total. The minimum atomic E-state index is -0.366. The molecule has 3 N–H and O–H groups in total. The Morgan fingerprint density at radius 2 is 2.00 bits per heavy atom. The molecule has 0 radical (unpaired) electrons. The minimum Gasteiger partial charge on any atom is -0.376 e. The summed E-state index contributed by atoms with van der Waals surface area (Å²) in [5.41, 5.74) is 7.39. The summed E-state index contributed by atoms with van der Waals surface area (Å²) in [6, 6.07) is 11.9. The van der Waals surface area contributed by atoms with E-state index in [0.29, 0.717) is 11.6 Å². The first-order valence-electron chi connectivity index (χ1n) is 5.77. The smallest absolute Gasteiger partial charge is 0.125 e. The molecule has 0 aromatic heterocycles. The van der Waals surface area contributed by atoms with Crippen LogP contribution in [-0.4, -0.2) is 6.54 Å². The zero-order valence-corrected chi connectivity index (χ0v) is 12.4. The zero-order chi connectivity index (χ0) is 13.8. The minimum absolute atomic E-state index is 0.202. The second kappa shape index (κ2) is 6.37. The second-order valence-corrected chi connectivity index (χ2v) is 5.41. The normalized spacial score (nSPS) is 12.2. The number of rotatable bonds is 4. The number of hydrogen-bond donors (Lipinski definition) is 2. The molecule has 0 fully saturated rings. The number of hydrogen-bond acceptors (Lipinski definition) is 2. The van der Waals surface area contributed by atoms with Gasteiger partial charge in [-0.15, -0.1) is 0 Å². The maximum Gasteiger partial charge on any atom is 0.125 e. The van der Waals surface area contributed by atoms with E-state index in [2.05, 4.69) is 21.2 Å². The van der Waals surface area contributed by atoms with Crippen LogP contribution >= 0.6 is 27.5 Å². The average molecular weight is 344 g/mol. The third kappa shape index (κ3) is 3.69. The van der Waals surface area contributed by atoms with E-state index < -0.39 is 0 Å². The van der Waals surface area contributed by atoms with E-state index in [4.69, 9.17) is 17.3 Å². The van der Waals surface area contributed by atoms with Crippen LogP contribution < -0.4 is 11.1 Å². The second-order valence-electron chi connectivity index (χ2n) is 4.12. The molecule has 19 heavy (non-hydrogen) atoms. The summed E-state index contributed by atoms with van der Waals surface area (Å²) in [6.07, 6.45) is 0.